The summed E-state index contributed by atoms with van der Waals surface area (Å²) in [5.41, 5.74) is 0.529. The van der Waals surface area contributed by atoms with Crippen LogP contribution in [0.25, 0.3) is 0 Å². The number of nitrogens with zero attached hydrogens (tertiary/aromatic N) is 3. The molecule has 2 aliphatic heterocycles. The van der Waals surface area contributed by atoms with Crippen molar-refractivity contribution in [1.29, 1.82) is 0 Å². The maximum atomic E-state index is 14.5. The summed E-state index contributed by atoms with van der Waals surface area (Å²) in [5.74, 6) is -1.80. The minimum absolute atomic E-state index is 0.00459. The number of carbonyl (C=O) groups is 4. The van der Waals surface area contributed by atoms with Crippen LogP contribution in [0.4, 0.5) is 5.13 Å². The number of nitrogens with one attached hydrogen (secondary N) is 2. The van der Waals surface area contributed by atoms with Gasteiger partial charge in [0.15, 0.2) is 10.8 Å². The van der Waals surface area contributed by atoms with Crippen LogP contribution in [0.15, 0.2) is 137 Å². The lowest BCUT2D eigenvalue weighted by atomic mass is 9.77. The number of rotatable bonds is 16. The second-order valence-electron chi connectivity index (χ2n) is 16.4. The molecule has 1 aromatic heterocycles. The Hall–Kier alpha value is -6.16. The van der Waals surface area contributed by atoms with Gasteiger partial charge >= 0.3 is 11.9 Å². The van der Waals surface area contributed by atoms with Gasteiger partial charge < -0.3 is 29.7 Å². The number of anilines is 1. The first-order valence-corrected chi connectivity index (χ1v) is 22.9. The molecule has 2 atom stereocenters. The molecule has 1 saturated heterocycles. The van der Waals surface area contributed by atoms with Crippen LogP contribution in [0.3, 0.4) is 0 Å². The molecule has 2 N–H and O–H groups in total. The van der Waals surface area contributed by atoms with Crippen LogP contribution in [-0.4, -0.2) is 80.7 Å². The second-order valence-corrected chi connectivity index (χ2v) is 18.7. The molecule has 2 amide bonds. The first-order chi connectivity index (χ1) is 30.6. The van der Waals surface area contributed by atoms with Crippen LogP contribution >= 0.6 is 34.7 Å². The SMILES string of the molecule is COc1ccc(COC(=O)C2=C(CCl)CS[C@@H]3[C@H](NC(=O)C(=NOC(C)(C)C(=O)OC(C)(C)C)c4csc(NC(c5ccccc5)(c5ccccc5)c5ccccc5)n4)C(=O)N23)cc1. The Labute approximate surface area is 385 Å². The smallest absolute Gasteiger partial charge is 0.355 e. The number of halogens is 1. The average Bonchev–Trinajstić information content (AvgIpc) is 3.76. The number of ether oxygens (including phenoxy) is 3. The molecule has 7 rings (SSSR count). The van der Waals surface area contributed by atoms with E-state index in [2.05, 4.69) is 15.8 Å². The summed E-state index contributed by atoms with van der Waals surface area (Å²) in [6, 6.07) is 35.9. The van der Waals surface area contributed by atoms with Gasteiger partial charge in [0.1, 0.15) is 46.3 Å². The van der Waals surface area contributed by atoms with Crippen molar-refractivity contribution in [3.63, 3.8) is 0 Å². The number of aromatic nitrogens is 1. The highest BCUT2D eigenvalue weighted by Crippen LogP contribution is 2.42. The molecule has 13 nitrogen and oxygen atoms in total. The average molecular weight is 923 g/mol. The molecule has 0 saturated carbocycles. The lowest BCUT2D eigenvalue weighted by Gasteiger charge is -2.49. The van der Waals surface area contributed by atoms with E-state index >= 15 is 0 Å². The molecule has 64 heavy (non-hydrogen) atoms. The molecule has 0 spiro atoms. The number of β-lactam (4-membered cyclic amide) rings is 1. The molecular weight excluding hydrogens is 874 g/mol. The van der Waals surface area contributed by atoms with Gasteiger partial charge in [-0.1, -0.05) is 108 Å². The molecule has 0 bridgehead atoms. The zero-order chi connectivity index (χ0) is 45.6. The lowest BCUT2D eigenvalue weighted by molar-refractivity contribution is -0.179. The number of alkyl halides is 1. The Morgan fingerprint density at radius 3 is 1.97 bits per heavy atom. The van der Waals surface area contributed by atoms with E-state index in [-0.39, 0.29) is 29.6 Å². The van der Waals surface area contributed by atoms with Crippen LogP contribution in [-0.2, 0) is 45.6 Å². The minimum atomic E-state index is -1.63. The molecule has 0 aliphatic carbocycles. The van der Waals surface area contributed by atoms with Crippen molar-refractivity contribution in [3.8, 4) is 5.75 Å². The lowest BCUT2D eigenvalue weighted by Crippen LogP contribution is -2.71. The first-order valence-electron chi connectivity index (χ1n) is 20.4. The standard InChI is InChI=1S/C48H48ClN5O8S2/c1-46(2,3)61-44(58)47(4,5)62-53-37(36-29-64-45(50-36)52-48(32-16-10-7-11-17-32,33-18-12-8-13-19-33)34-20-14-9-15-21-34)40(55)51-38-41(56)54-39(31(26-49)28-63-42(38)54)43(57)60-27-30-22-24-35(59-6)25-23-30/h7-25,29,38,42H,26-28H2,1-6H3,(H,50,52)(H,51,55)/t38-,42-/m1/s1. The Morgan fingerprint density at radius 2 is 1.44 bits per heavy atom. The van der Waals surface area contributed by atoms with Gasteiger partial charge in [0.05, 0.1) is 7.11 Å². The maximum Gasteiger partial charge on any atom is 0.355 e. The fourth-order valence-corrected chi connectivity index (χ4v) is 9.54. The van der Waals surface area contributed by atoms with Gasteiger partial charge in [-0.15, -0.1) is 34.7 Å². The van der Waals surface area contributed by atoms with Gasteiger partial charge in [-0.25, -0.2) is 14.6 Å². The third-order valence-corrected chi connectivity index (χ3v) is 12.8. The summed E-state index contributed by atoms with van der Waals surface area (Å²) in [6.07, 6.45) is 0. The molecular formula is C48H48ClN5O8S2. The van der Waals surface area contributed by atoms with Gasteiger partial charge in [0.25, 0.3) is 11.8 Å². The van der Waals surface area contributed by atoms with Crippen molar-refractivity contribution < 1.29 is 38.2 Å². The molecule has 0 radical (unpaired) electrons. The summed E-state index contributed by atoms with van der Waals surface area (Å²) in [4.78, 5) is 67.3. The topological polar surface area (TPSA) is 158 Å². The molecule has 16 heteroatoms. The Bertz CT molecular complexity index is 2450. The van der Waals surface area contributed by atoms with Crippen molar-refractivity contribution in [2.75, 3.05) is 24.1 Å². The zero-order valence-electron chi connectivity index (χ0n) is 36.1. The monoisotopic (exact) mass is 921 g/mol. The number of thiazole rings is 1. The van der Waals surface area contributed by atoms with Crippen molar-refractivity contribution in [2.45, 2.75) is 69.4 Å². The summed E-state index contributed by atoms with van der Waals surface area (Å²) >= 11 is 8.87. The number of hydrogen-bond donors (Lipinski definition) is 2. The quantitative estimate of drug-likeness (QED) is 0.0247. The molecule has 1 fully saturated rings. The number of oxime groups is 1. The summed E-state index contributed by atoms with van der Waals surface area (Å²) in [7, 11) is 1.56. The van der Waals surface area contributed by atoms with E-state index in [1.165, 1.54) is 41.8 Å². The number of fused-ring (bicyclic) bond motifs is 1. The molecule has 0 unspecified atom stereocenters. The van der Waals surface area contributed by atoms with Crippen LogP contribution in [0.5, 0.6) is 5.75 Å². The van der Waals surface area contributed by atoms with E-state index in [1.54, 1.807) is 57.5 Å². The van der Waals surface area contributed by atoms with Crippen molar-refractivity contribution in [1.82, 2.24) is 15.2 Å². The highest BCUT2D eigenvalue weighted by molar-refractivity contribution is 8.00. The Morgan fingerprint density at radius 1 is 0.859 bits per heavy atom. The highest BCUT2D eigenvalue weighted by atomic mass is 35.5. The highest BCUT2D eigenvalue weighted by Gasteiger charge is 2.55. The van der Waals surface area contributed by atoms with E-state index in [9.17, 15) is 19.2 Å². The first kappa shape index (κ1) is 45.9. The number of methoxy groups -OCH3 is 1. The summed E-state index contributed by atoms with van der Waals surface area (Å²) < 4.78 is 16.4. The third kappa shape index (κ3) is 9.81. The second kappa shape index (κ2) is 19.3. The maximum absolute atomic E-state index is 14.5. The fourth-order valence-electron chi connectivity index (χ4n) is 7.11. The molecule has 2 aliphatic rings. The zero-order valence-corrected chi connectivity index (χ0v) is 38.5. The van der Waals surface area contributed by atoms with Gasteiger partial charge in [-0.3, -0.25) is 14.5 Å². The Kier molecular flexibility index (Phi) is 13.8. The van der Waals surface area contributed by atoms with Crippen molar-refractivity contribution >= 4 is 69.3 Å². The molecule has 5 aromatic rings. The number of esters is 2. The van der Waals surface area contributed by atoms with Gasteiger partial charge in [0, 0.05) is 17.0 Å². The van der Waals surface area contributed by atoms with E-state index in [0.29, 0.717) is 22.2 Å². The Balaban J connectivity index is 1.19. The molecule has 4 aromatic carbocycles. The third-order valence-electron chi connectivity index (χ3n) is 10.3. The number of amides is 2. The number of carbonyl (C=O) groups excluding carboxylic acids is 4. The van der Waals surface area contributed by atoms with Crippen molar-refractivity contribution in [3.05, 3.63) is 160 Å². The van der Waals surface area contributed by atoms with Gasteiger partial charge in [0.2, 0.25) is 5.60 Å². The van der Waals surface area contributed by atoms with Gasteiger partial charge in [-0.2, -0.15) is 0 Å². The van der Waals surface area contributed by atoms with Crippen LogP contribution in [0, 0.1) is 0 Å². The summed E-state index contributed by atoms with van der Waals surface area (Å²) in [6.45, 7) is 8.09. The predicted molar refractivity (Wildman–Crippen MR) is 248 cm³/mol. The normalized spacial score (nSPS) is 16.6. The summed E-state index contributed by atoms with van der Waals surface area (Å²) in [5, 5.41) is 12.2. The van der Waals surface area contributed by atoms with Crippen molar-refractivity contribution in [2.24, 2.45) is 5.16 Å². The predicted octanol–water partition coefficient (Wildman–Crippen LogP) is 8.03. The van der Waals surface area contributed by atoms with E-state index in [1.807, 2.05) is 91.0 Å². The van der Waals surface area contributed by atoms with E-state index in [4.69, 9.17) is 35.6 Å². The van der Waals surface area contributed by atoms with Crippen LogP contribution in [0.1, 0.15) is 62.6 Å². The number of benzene rings is 4. The van der Waals surface area contributed by atoms with Crippen LogP contribution < -0.4 is 15.4 Å². The largest absolute Gasteiger partial charge is 0.497 e. The number of hydrogen-bond acceptors (Lipinski definition) is 13. The fraction of sp³-hybridized carbons (Fsp3) is 0.292. The van der Waals surface area contributed by atoms with E-state index < -0.39 is 51.9 Å². The minimum Gasteiger partial charge on any atom is -0.497 e. The molecule has 3 heterocycles. The molecule has 332 valence electrons. The van der Waals surface area contributed by atoms with Gasteiger partial charge in [-0.05, 0) is 74.6 Å². The van der Waals surface area contributed by atoms with E-state index in [0.717, 1.165) is 22.3 Å². The van der Waals surface area contributed by atoms with Crippen LogP contribution in [0.2, 0.25) is 0 Å². The number of thioether (sulfide) groups is 1.